The van der Waals surface area contributed by atoms with E-state index in [0.29, 0.717) is 0 Å². The molecule has 2 saturated heterocycles. The fourth-order valence-electron chi connectivity index (χ4n) is 2.21. The van der Waals surface area contributed by atoms with Gasteiger partial charge < -0.3 is 0 Å². The third-order valence-electron chi connectivity index (χ3n) is 3.06. The minimum atomic E-state index is -0.537. The van der Waals surface area contributed by atoms with Gasteiger partial charge in [-0.1, -0.05) is 0 Å². The maximum absolute atomic E-state index is 10.7. The van der Waals surface area contributed by atoms with E-state index < -0.39 is 12.1 Å². The molecule has 0 spiro atoms. The van der Waals surface area contributed by atoms with Crippen LogP contribution in [-0.4, -0.2) is 58.5 Å². The summed E-state index contributed by atoms with van der Waals surface area (Å²) in [7, 11) is 0. The van der Waals surface area contributed by atoms with Gasteiger partial charge in [-0.25, -0.2) is 20.0 Å². The molecule has 2 aliphatic heterocycles. The van der Waals surface area contributed by atoms with Crippen LogP contribution in [0.25, 0.3) is 0 Å². The Labute approximate surface area is 100 Å². The number of nitroso groups, excluding NO2 is 4. The molecule has 0 aromatic heterocycles. The van der Waals surface area contributed by atoms with E-state index in [0.717, 1.165) is 20.0 Å². The minimum absolute atomic E-state index is 0.0897. The molecule has 2 atom stereocenters. The Morgan fingerprint density at radius 1 is 0.667 bits per heavy atom. The van der Waals surface area contributed by atoms with E-state index in [2.05, 4.69) is 21.1 Å². The summed E-state index contributed by atoms with van der Waals surface area (Å²) < 4.78 is 0. The molecule has 0 N–H and O–H groups in total. The Bertz CT molecular complexity index is 331. The quantitative estimate of drug-likeness (QED) is 0.622. The van der Waals surface area contributed by atoms with E-state index in [1.165, 1.54) is 0 Å². The lowest BCUT2D eigenvalue weighted by atomic mass is 10.0. The molecule has 2 heterocycles. The predicted molar refractivity (Wildman–Crippen MR) is 57.6 cm³/mol. The number of hydrogen-bond acceptors (Lipinski definition) is 8. The first kappa shape index (κ1) is 12.1. The highest BCUT2D eigenvalue weighted by molar-refractivity contribution is 4.94. The molecule has 0 aromatic rings. The summed E-state index contributed by atoms with van der Waals surface area (Å²) in [6, 6.07) is -1.07. The topological polar surface area (TPSA) is 131 Å². The normalized spacial score (nSPS) is 27.6. The van der Waals surface area contributed by atoms with Gasteiger partial charge in [-0.05, 0) is 0 Å². The summed E-state index contributed by atoms with van der Waals surface area (Å²) >= 11 is 0. The van der Waals surface area contributed by atoms with Crippen LogP contribution < -0.4 is 0 Å². The van der Waals surface area contributed by atoms with Gasteiger partial charge in [0.1, 0.15) is 13.3 Å². The van der Waals surface area contributed by atoms with Crippen LogP contribution in [0.4, 0.5) is 0 Å². The van der Waals surface area contributed by atoms with Crippen LogP contribution in [0.5, 0.6) is 0 Å². The van der Waals surface area contributed by atoms with Crippen LogP contribution in [0.2, 0.25) is 0 Å². The first-order chi connectivity index (χ1) is 8.73. The summed E-state index contributed by atoms with van der Waals surface area (Å²) in [5, 5.41) is 15.2. The average Bonchev–Trinajstić information content (AvgIpc) is 2.44. The van der Waals surface area contributed by atoms with Gasteiger partial charge in [-0.2, -0.15) is 0 Å². The largest absolute Gasteiger partial charge is 0.237 e. The molecule has 0 aromatic carbocycles. The van der Waals surface area contributed by atoms with Crippen LogP contribution in [0.15, 0.2) is 21.1 Å². The molecule has 2 rings (SSSR count). The maximum Gasteiger partial charge on any atom is 0.130 e. The summed E-state index contributed by atoms with van der Waals surface area (Å²) in [6.45, 7) is 0.0956. The molecule has 98 valence electrons. The molecule has 12 nitrogen and oxygen atoms in total. The van der Waals surface area contributed by atoms with E-state index in [1.807, 2.05) is 0 Å². The molecule has 0 saturated carbocycles. The average molecular weight is 258 g/mol. The first-order valence-corrected chi connectivity index (χ1v) is 5.09. The van der Waals surface area contributed by atoms with Crippen molar-refractivity contribution >= 4 is 0 Å². The number of fused-ring (bicyclic) bond motifs is 1. The monoisotopic (exact) mass is 258 g/mol. The third kappa shape index (κ3) is 1.91. The molecular weight excluding hydrogens is 248 g/mol. The summed E-state index contributed by atoms with van der Waals surface area (Å²) in [5.41, 5.74) is 0. The Hall–Kier alpha value is -2.40. The summed E-state index contributed by atoms with van der Waals surface area (Å²) in [6.07, 6.45) is 0. The highest BCUT2D eigenvalue weighted by Gasteiger charge is 2.44. The van der Waals surface area contributed by atoms with Crippen molar-refractivity contribution in [3.63, 3.8) is 0 Å². The van der Waals surface area contributed by atoms with Crippen molar-refractivity contribution < 1.29 is 0 Å². The molecular formula is C6H10N8O4. The second-order valence-electron chi connectivity index (χ2n) is 4.00. The zero-order valence-electron chi connectivity index (χ0n) is 9.19. The number of rotatable bonds is 4. The molecule has 18 heavy (non-hydrogen) atoms. The van der Waals surface area contributed by atoms with Crippen molar-refractivity contribution in [2.45, 2.75) is 12.1 Å². The van der Waals surface area contributed by atoms with Gasteiger partial charge in [0.05, 0.1) is 46.3 Å². The van der Waals surface area contributed by atoms with E-state index in [-0.39, 0.29) is 26.4 Å². The highest BCUT2D eigenvalue weighted by Crippen LogP contribution is 2.25. The van der Waals surface area contributed by atoms with Crippen molar-refractivity contribution in [3.8, 4) is 0 Å². The smallest absolute Gasteiger partial charge is 0.130 e. The zero-order chi connectivity index (χ0) is 13.1. The first-order valence-electron chi connectivity index (χ1n) is 5.09. The van der Waals surface area contributed by atoms with Crippen molar-refractivity contribution in [2.75, 3.05) is 26.4 Å². The Morgan fingerprint density at radius 3 is 1.33 bits per heavy atom. The SMILES string of the molecule is O=NN1CC2C(CN(N=O)CN2N=O)N(N=O)C1. The van der Waals surface area contributed by atoms with Gasteiger partial charge in [-0.3, -0.25) is 0 Å². The Morgan fingerprint density at radius 2 is 1.06 bits per heavy atom. The van der Waals surface area contributed by atoms with Crippen LogP contribution in [0, 0.1) is 19.6 Å². The predicted octanol–water partition coefficient (Wildman–Crippen LogP) is -0.401. The fourth-order valence-corrected chi connectivity index (χ4v) is 2.21. The lowest BCUT2D eigenvalue weighted by molar-refractivity contribution is -0.0915. The molecule has 0 radical (unpaired) electrons. The van der Waals surface area contributed by atoms with Crippen LogP contribution in [0.3, 0.4) is 0 Å². The van der Waals surface area contributed by atoms with Gasteiger partial charge in [0, 0.05) is 0 Å². The molecule has 0 aliphatic carbocycles. The maximum atomic E-state index is 10.7. The van der Waals surface area contributed by atoms with Crippen LogP contribution in [-0.2, 0) is 0 Å². The highest BCUT2D eigenvalue weighted by atomic mass is 16.3. The molecule has 0 amide bonds. The van der Waals surface area contributed by atoms with E-state index in [1.54, 1.807) is 0 Å². The third-order valence-corrected chi connectivity index (χ3v) is 3.06. The second kappa shape index (κ2) is 4.85. The van der Waals surface area contributed by atoms with E-state index in [4.69, 9.17) is 0 Å². The Balaban J connectivity index is 2.23. The van der Waals surface area contributed by atoms with Gasteiger partial charge in [0.2, 0.25) is 0 Å². The second-order valence-corrected chi connectivity index (χ2v) is 4.00. The van der Waals surface area contributed by atoms with Gasteiger partial charge in [0.25, 0.3) is 0 Å². The van der Waals surface area contributed by atoms with Crippen molar-refractivity contribution in [2.24, 2.45) is 21.1 Å². The van der Waals surface area contributed by atoms with E-state index >= 15 is 0 Å². The standard InChI is InChI=1S/C6H10N8O4/c15-7-11-1-5-6(14(3-11)10-18)2-12(8-16)4-13(5)9-17/h5-6H,1-4H2. The van der Waals surface area contributed by atoms with Gasteiger partial charge >= 0.3 is 0 Å². The molecule has 12 heteroatoms. The van der Waals surface area contributed by atoms with Crippen LogP contribution in [0.1, 0.15) is 0 Å². The van der Waals surface area contributed by atoms with Crippen molar-refractivity contribution in [1.82, 2.24) is 20.0 Å². The number of nitrogens with zero attached hydrogens (tertiary/aromatic N) is 8. The van der Waals surface area contributed by atoms with Crippen molar-refractivity contribution in [1.29, 1.82) is 0 Å². The molecule has 0 bridgehead atoms. The van der Waals surface area contributed by atoms with Crippen molar-refractivity contribution in [3.05, 3.63) is 19.6 Å². The van der Waals surface area contributed by atoms with Gasteiger partial charge in [0.15, 0.2) is 0 Å². The lowest BCUT2D eigenvalue weighted by Crippen LogP contribution is -2.67. The minimum Gasteiger partial charge on any atom is -0.237 e. The summed E-state index contributed by atoms with van der Waals surface area (Å²) in [4.78, 5) is 42.5. The molecule has 2 fully saturated rings. The lowest BCUT2D eigenvalue weighted by Gasteiger charge is -2.47. The van der Waals surface area contributed by atoms with Gasteiger partial charge in [-0.15, -0.1) is 19.6 Å². The zero-order valence-corrected chi connectivity index (χ0v) is 9.19. The molecule has 2 unspecified atom stereocenters. The van der Waals surface area contributed by atoms with E-state index in [9.17, 15) is 19.6 Å². The Kier molecular flexibility index (Phi) is 3.25. The number of hydrogen-bond donors (Lipinski definition) is 0. The fraction of sp³-hybridized carbons (Fsp3) is 1.00. The summed E-state index contributed by atoms with van der Waals surface area (Å²) in [5.74, 6) is 0. The van der Waals surface area contributed by atoms with Crippen LogP contribution >= 0.6 is 0 Å². The molecule has 2 aliphatic rings.